The molecule has 0 amide bonds. The molecule has 2 aromatic rings. The van der Waals surface area contributed by atoms with E-state index in [2.05, 4.69) is 9.98 Å². The Morgan fingerprint density at radius 2 is 2.04 bits per heavy atom. The van der Waals surface area contributed by atoms with Crippen LogP contribution < -0.4 is 0 Å². The van der Waals surface area contributed by atoms with Crippen LogP contribution in [-0.4, -0.2) is 29.7 Å². The SMILES string of the molecule is CCOC(=O)c1c(C)[nH]c(C(CCCl)N=Cc2ccccc2)c1C. The summed E-state index contributed by atoms with van der Waals surface area (Å²) < 4.78 is 5.15. The lowest BCUT2D eigenvalue weighted by Crippen LogP contribution is -2.07. The monoisotopic (exact) mass is 346 g/mol. The van der Waals surface area contributed by atoms with E-state index in [1.54, 1.807) is 6.92 Å². The van der Waals surface area contributed by atoms with E-state index in [9.17, 15) is 4.79 Å². The normalized spacial score (nSPS) is 12.5. The Morgan fingerprint density at radius 3 is 2.67 bits per heavy atom. The predicted octanol–water partition coefficient (Wildman–Crippen LogP) is 4.60. The molecule has 1 aromatic carbocycles. The number of nitrogens with zero attached hydrogens (tertiary/aromatic N) is 1. The number of nitrogens with one attached hydrogen (secondary N) is 1. The summed E-state index contributed by atoms with van der Waals surface area (Å²) in [5.74, 6) is 0.190. The van der Waals surface area contributed by atoms with Gasteiger partial charge in [-0.2, -0.15) is 0 Å². The highest BCUT2D eigenvalue weighted by Gasteiger charge is 2.23. The van der Waals surface area contributed by atoms with Gasteiger partial charge in [-0.3, -0.25) is 4.99 Å². The minimum absolute atomic E-state index is 0.121. The van der Waals surface area contributed by atoms with Gasteiger partial charge in [-0.25, -0.2) is 4.79 Å². The number of alkyl halides is 1. The van der Waals surface area contributed by atoms with Gasteiger partial charge in [0.1, 0.15) is 0 Å². The molecule has 1 unspecified atom stereocenters. The third-order valence-corrected chi connectivity index (χ3v) is 4.09. The van der Waals surface area contributed by atoms with Gasteiger partial charge >= 0.3 is 5.97 Å². The van der Waals surface area contributed by atoms with Gasteiger partial charge in [0.05, 0.1) is 18.2 Å². The van der Waals surface area contributed by atoms with E-state index >= 15 is 0 Å². The number of halogens is 1. The molecule has 128 valence electrons. The number of hydrogen-bond acceptors (Lipinski definition) is 3. The Balaban J connectivity index is 2.33. The molecule has 4 nitrogen and oxygen atoms in total. The lowest BCUT2D eigenvalue weighted by Gasteiger charge is -2.11. The average Bonchev–Trinajstić information content (AvgIpc) is 2.87. The van der Waals surface area contributed by atoms with Gasteiger partial charge in [0.2, 0.25) is 0 Å². The molecule has 5 heteroatoms. The first-order valence-electron chi connectivity index (χ1n) is 8.08. The van der Waals surface area contributed by atoms with Gasteiger partial charge < -0.3 is 9.72 Å². The van der Waals surface area contributed by atoms with Crippen LogP contribution in [-0.2, 0) is 4.74 Å². The molecule has 0 aliphatic carbocycles. The molecule has 0 aliphatic heterocycles. The highest BCUT2D eigenvalue weighted by Crippen LogP contribution is 2.29. The summed E-state index contributed by atoms with van der Waals surface area (Å²) in [6.45, 7) is 5.96. The Kier molecular flexibility index (Phi) is 6.62. The van der Waals surface area contributed by atoms with Crippen LogP contribution >= 0.6 is 11.6 Å². The maximum atomic E-state index is 12.2. The van der Waals surface area contributed by atoms with Crippen LogP contribution in [0.15, 0.2) is 35.3 Å². The van der Waals surface area contributed by atoms with Gasteiger partial charge in [-0.15, -0.1) is 11.6 Å². The summed E-state index contributed by atoms with van der Waals surface area (Å²) in [6, 6.07) is 9.79. The summed E-state index contributed by atoms with van der Waals surface area (Å²) in [7, 11) is 0. The van der Waals surface area contributed by atoms with Crippen LogP contribution in [0.4, 0.5) is 0 Å². The number of aromatic amines is 1. The van der Waals surface area contributed by atoms with E-state index in [1.165, 1.54) is 0 Å². The summed E-state index contributed by atoms with van der Waals surface area (Å²) in [5, 5.41) is 0. The van der Waals surface area contributed by atoms with Crippen molar-refractivity contribution in [1.29, 1.82) is 0 Å². The minimum atomic E-state index is -0.299. The second-order valence-electron chi connectivity index (χ2n) is 5.57. The first-order chi connectivity index (χ1) is 11.6. The lowest BCUT2D eigenvalue weighted by atomic mass is 10.0. The van der Waals surface area contributed by atoms with Crippen LogP contribution in [0.2, 0.25) is 0 Å². The van der Waals surface area contributed by atoms with Crippen molar-refractivity contribution in [2.24, 2.45) is 4.99 Å². The fraction of sp³-hybridized carbons (Fsp3) is 0.368. The minimum Gasteiger partial charge on any atom is -0.462 e. The third kappa shape index (κ3) is 4.26. The summed E-state index contributed by atoms with van der Waals surface area (Å²) >= 11 is 5.96. The number of hydrogen-bond donors (Lipinski definition) is 1. The number of aromatic nitrogens is 1. The van der Waals surface area contributed by atoms with Crippen molar-refractivity contribution in [3.63, 3.8) is 0 Å². The van der Waals surface area contributed by atoms with Crippen molar-refractivity contribution in [2.75, 3.05) is 12.5 Å². The summed E-state index contributed by atoms with van der Waals surface area (Å²) in [5.41, 5.74) is 4.23. The van der Waals surface area contributed by atoms with E-state index in [0.29, 0.717) is 24.5 Å². The molecule has 24 heavy (non-hydrogen) atoms. The number of benzene rings is 1. The van der Waals surface area contributed by atoms with Crippen LogP contribution in [0.1, 0.15) is 52.3 Å². The molecule has 2 rings (SSSR count). The predicted molar refractivity (Wildman–Crippen MR) is 98.3 cm³/mol. The average molecular weight is 347 g/mol. The fourth-order valence-corrected chi connectivity index (χ4v) is 2.94. The van der Waals surface area contributed by atoms with E-state index < -0.39 is 0 Å². The Bertz CT molecular complexity index is 708. The molecule has 1 atom stereocenters. The quantitative estimate of drug-likeness (QED) is 0.452. The largest absolute Gasteiger partial charge is 0.462 e. The lowest BCUT2D eigenvalue weighted by molar-refractivity contribution is 0.0525. The van der Waals surface area contributed by atoms with E-state index in [1.807, 2.05) is 50.4 Å². The third-order valence-electron chi connectivity index (χ3n) is 3.87. The van der Waals surface area contributed by atoms with Crippen LogP contribution in [0.3, 0.4) is 0 Å². The molecular formula is C19H23ClN2O2. The van der Waals surface area contributed by atoms with Gasteiger partial charge in [-0.1, -0.05) is 30.3 Å². The van der Waals surface area contributed by atoms with Crippen molar-refractivity contribution in [3.8, 4) is 0 Å². The molecule has 1 heterocycles. The molecule has 0 fully saturated rings. The fourth-order valence-electron chi connectivity index (χ4n) is 2.73. The Morgan fingerprint density at radius 1 is 1.33 bits per heavy atom. The highest BCUT2D eigenvalue weighted by atomic mass is 35.5. The van der Waals surface area contributed by atoms with E-state index in [4.69, 9.17) is 16.3 Å². The zero-order valence-electron chi connectivity index (χ0n) is 14.3. The summed E-state index contributed by atoms with van der Waals surface area (Å²) in [4.78, 5) is 20.1. The maximum absolute atomic E-state index is 12.2. The van der Waals surface area contributed by atoms with Crippen molar-refractivity contribution in [2.45, 2.75) is 33.2 Å². The second-order valence-corrected chi connectivity index (χ2v) is 5.94. The number of carbonyl (C=O) groups excluding carboxylic acids is 1. The molecular weight excluding hydrogens is 324 g/mol. The molecule has 0 radical (unpaired) electrons. The van der Waals surface area contributed by atoms with Gasteiger partial charge in [0, 0.05) is 23.5 Å². The van der Waals surface area contributed by atoms with Crippen LogP contribution in [0, 0.1) is 13.8 Å². The first kappa shape index (κ1) is 18.3. The van der Waals surface area contributed by atoms with Crippen LogP contribution in [0.25, 0.3) is 0 Å². The van der Waals surface area contributed by atoms with Crippen molar-refractivity contribution in [3.05, 3.63) is 58.4 Å². The zero-order chi connectivity index (χ0) is 17.5. The Labute approximate surface area is 147 Å². The first-order valence-corrected chi connectivity index (χ1v) is 8.62. The van der Waals surface area contributed by atoms with Gasteiger partial charge in [0.15, 0.2) is 0 Å². The molecule has 1 aromatic heterocycles. The number of rotatable bonds is 7. The van der Waals surface area contributed by atoms with E-state index in [-0.39, 0.29) is 12.0 Å². The van der Waals surface area contributed by atoms with E-state index in [0.717, 1.165) is 22.5 Å². The number of esters is 1. The zero-order valence-corrected chi connectivity index (χ0v) is 15.1. The highest BCUT2D eigenvalue weighted by molar-refractivity contribution is 6.17. The number of aliphatic imine (C=N–C) groups is 1. The number of ether oxygens (including phenoxy) is 1. The number of aryl methyl sites for hydroxylation is 1. The number of H-pyrrole nitrogens is 1. The maximum Gasteiger partial charge on any atom is 0.340 e. The molecule has 0 spiro atoms. The standard InChI is InChI=1S/C19H23ClN2O2/c1-4-24-19(23)17-13(2)18(22-14(17)3)16(10-11-20)21-12-15-8-6-5-7-9-15/h5-9,12,16,22H,4,10-11H2,1-3H3. The molecule has 0 saturated carbocycles. The molecule has 0 aliphatic rings. The number of carbonyl (C=O) groups is 1. The Hall–Kier alpha value is -2.07. The van der Waals surface area contributed by atoms with Gasteiger partial charge in [-0.05, 0) is 38.3 Å². The topological polar surface area (TPSA) is 54.5 Å². The van der Waals surface area contributed by atoms with Crippen molar-refractivity contribution >= 4 is 23.8 Å². The molecule has 0 bridgehead atoms. The summed E-state index contributed by atoms with van der Waals surface area (Å²) in [6.07, 6.45) is 2.53. The van der Waals surface area contributed by atoms with Crippen LogP contribution in [0.5, 0.6) is 0 Å². The molecule has 0 saturated heterocycles. The van der Waals surface area contributed by atoms with Gasteiger partial charge in [0.25, 0.3) is 0 Å². The second kappa shape index (κ2) is 8.69. The molecule has 1 N–H and O–H groups in total. The smallest absolute Gasteiger partial charge is 0.340 e. The van der Waals surface area contributed by atoms with Crippen molar-refractivity contribution in [1.82, 2.24) is 4.98 Å². The van der Waals surface area contributed by atoms with Crippen molar-refractivity contribution < 1.29 is 9.53 Å².